The highest BCUT2D eigenvalue weighted by molar-refractivity contribution is 5.43. The summed E-state index contributed by atoms with van der Waals surface area (Å²) >= 11 is 0. The molecule has 0 radical (unpaired) electrons. The van der Waals surface area contributed by atoms with Crippen LogP contribution >= 0.6 is 0 Å². The lowest BCUT2D eigenvalue weighted by atomic mass is 10.1. The lowest BCUT2D eigenvalue weighted by Crippen LogP contribution is -2.20. The third-order valence-electron chi connectivity index (χ3n) is 3.95. The molecule has 1 aromatic carbocycles. The van der Waals surface area contributed by atoms with E-state index in [0.29, 0.717) is 6.61 Å². The van der Waals surface area contributed by atoms with Crippen molar-refractivity contribution in [2.75, 3.05) is 31.6 Å². The fourth-order valence-corrected chi connectivity index (χ4v) is 2.65. The average Bonchev–Trinajstić information content (AvgIpc) is 2.80. The normalized spacial score (nSPS) is 13.9. The van der Waals surface area contributed by atoms with Gasteiger partial charge in [-0.05, 0) is 30.5 Å². The summed E-state index contributed by atoms with van der Waals surface area (Å²) in [5, 5.41) is 3.33. The molecule has 0 aliphatic carbocycles. The molecule has 1 aromatic heterocycles. The van der Waals surface area contributed by atoms with Crippen LogP contribution in [0, 0.1) is 0 Å². The summed E-state index contributed by atoms with van der Waals surface area (Å²) in [6, 6.07) is 14.8. The number of hydrogen-bond acceptors (Lipinski definition) is 4. The van der Waals surface area contributed by atoms with E-state index >= 15 is 0 Å². The average molecular weight is 297 g/mol. The predicted molar refractivity (Wildman–Crippen MR) is 89.5 cm³/mol. The van der Waals surface area contributed by atoms with Crippen LogP contribution in [0.4, 0.5) is 5.82 Å². The smallest absolute Gasteiger partial charge is 0.219 e. The largest absolute Gasteiger partial charge is 0.476 e. The third-order valence-corrected chi connectivity index (χ3v) is 3.95. The van der Waals surface area contributed by atoms with Crippen LogP contribution in [0.5, 0.6) is 5.88 Å². The van der Waals surface area contributed by atoms with E-state index in [1.165, 1.54) is 5.56 Å². The fourth-order valence-electron chi connectivity index (χ4n) is 2.65. The van der Waals surface area contributed by atoms with Crippen molar-refractivity contribution in [3.05, 3.63) is 53.6 Å². The van der Waals surface area contributed by atoms with Crippen LogP contribution in [-0.2, 0) is 13.0 Å². The molecule has 0 atom stereocenters. The summed E-state index contributed by atoms with van der Waals surface area (Å²) in [7, 11) is 2.09. The van der Waals surface area contributed by atoms with Crippen molar-refractivity contribution in [1.82, 2.24) is 10.3 Å². The van der Waals surface area contributed by atoms with E-state index in [1.54, 1.807) is 0 Å². The Morgan fingerprint density at radius 1 is 1.18 bits per heavy atom. The SMILES string of the molecule is CN(CCCc1ccccc1)c1ccc2c(n1)OCCNC2. The number of nitrogens with zero attached hydrogens (tertiary/aromatic N) is 2. The van der Waals surface area contributed by atoms with Gasteiger partial charge in [-0.3, -0.25) is 0 Å². The first-order chi connectivity index (χ1) is 10.8. The maximum absolute atomic E-state index is 5.71. The number of aryl methyl sites for hydroxylation is 1. The van der Waals surface area contributed by atoms with Gasteiger partial charge in [-0.25, -0.2) is 0 Å². The Balaban J connectivity index is 1.58. The third kappa shape index (κ3) is 3.77. The molecule has 0 fully saturated rings. The van der Waals surface area contributed by atoms with Gasteiger partial charge in [-0.2, -0.15) is 4.98 Å². The van der Waals surface area contributed by atoms with Crippen LogP contribution in [0.15, 0.2) is 42.5 Å². The van der Waals surface area contributed by atoms with E-state index in [1.807, 2.05) is 0 Å². The highest BCUT2D eigenvalue weighted by Crippen LogP contribution is 2.22. The first-order valence-electron chi connectivity index (χ1n) is 7.91. The summed E-state index contributed by atoms with van der Waals surface area (Å²) in [5.41, 5.74) is 2.53. The molecule has 3 rings (SSSR count). The van der Waals surface area contributed by atoms with E-state index < -0.39 is 0 Å². The summed E-state index contributed by atoms with van der Waals surface area (Å²) in [6.45, 7) is 3.37. The molecule has 0 saturated heterocycles. The fraction of sp³-hybridized carbons (Fsp3) is 0.389. The maximum Gasteiger partial charge on any atom is 0.219 e. The van der Waals surface area contributed by atoms with Crippen LogP contribution in [0.1, 0.15) is 17.5 Å². The number of ether oxygens (including phenoxy) is 1. The minimum atomic E-state index is 0.682. The molecule has 0 amide bonds. The summed E-state index contributed by atoms with van der Waals surface area (Å²) in [4.78, 5) is 6.86. The van der Waals surface area contributed by atoms with E-state index in [9.17, 15) is 0 Å². The van der Waals surface area contributed by atoms with E-state index in [0.717, 1.165) is 49.7 Å². The molecule has 4 nitrogen and oxygen atoms in total. The molecule has 116 valence electrons. The zero-order valence-electron chi connectivity index (χ0n) is 13.1. The number of fused-ring (bicyclic) bond motifs is 1. The maximum atomic E-state index is 5.71. The summed E-state index contributed by atoms with van der Waals surface area (Å²) in [5.74, 6) is 1.76. The Labute approximate surface area is 132 Å². The number of nitrogens with one attached hydrogen (secondary N) is 1. The second-order valence-electron chi connectivity index (χ2n) is 5.67. The minimum Gasteiger partial charge on any atom is -0.476 e. The van der Waals surface area contributed by atoms with E-state index in [2.05, 4.69) is 64.7 Å². The molecule has 0 saturated carbocycles. The molecule has 2 heterocycles. The van der Waals surface area contributed by atoms with Crippen LogP contribution < -0.4 is 15.0 Å². The van der Waals surface area contributed by atoms with E-state index in [-0.39, 0.29) is 0 Å². The van der Waals surface area contributed by atoms with Crippen LogP contribution in [0.2, 0.25) is 0 Å². The first-order valence-corrected chi connectivity index (χ1v) is 7.91. The lowest BCUT2D eigenvalue weighted by molar-refractivity contribution is 0.314. The van der Waals surface area contributed by atoms with Gasteiger partial charge in [0.2, 0.25) is 5.88 Å². The number of anilines is 1. The van der Waals surface area contributed by atoms with Crippen molar-refractivity contribution < 1.29 is 4.74 Å². The highest BCUT2D eigenvalue weighted by atomic mass is 16.5. The molecule has 0 spiro atoms. The lowest BCUT2D eigenvalue weighted by Gasteiger charge is -2.19. The Morgan fingerprint density at radius 2 is 2.05 bits per heavy atom. The first kappa shape index (κ1) is 14.9. The van der Waals surface area contributed by atoms with Gasteiger partial charge >= 0.3 is 0 Å². The Bertz CT molecular complexity index is 601. The number of aromatic nitrogens is 1. The van der Waals surface area contributed by atoms with Gasteiger partial charge in [0.1, 0.15) is 12.4 Å². The van der Waals surface area contributed by atoms with Gasteiger partial charge in [-0.15, -0.1) is 0 Å². The molecular formula is C18H23N3O. The molecule has 0 bridgehead atoms. The van der Waals surface area contributed by atoms with Gasteiger partial charge in [-0.1, -0.05) is 30.3 Å². The monoisotopic (exact) mass is 297 g/mol. The molecule has 4 heteroatoms. The predicted octanol–water partition coefficient (Wildman–Crippen LogP) is 2.63. The molecular weight excluding hydrogens is 274 g/mol. The highest BCUT2D eigenvalue weighted by Gasteiger charge is 2.12. The summed E-state index contributed by atoms with van der Waals surface area (Å²) < 4.78 is 5.71. The number of rotatable bonds is 5. The van der Waals surface area contributed by atoms with Crippen molar-refractivity contribution in [3.63, 3.8) is 0 Å². The number of benzene rings is 1. The molecule has 1 aliphatic heterocycles. The van der Waals surface area contributed by atoms with E-state index in [4.69, 9.17) is 4.74 Å². The van der Waals surface area contributed by atoms with Gasteiger partial charge < -0.3 is 15.0 Å². The van der Waals surface area contributed by atoms with Crippen molar-refractivity contribution in [2.45, 2.75) is 19.4 Å². The molecule has 1 N–H and O–H groups in total. The van der Waals surface area contributed by atoms with Crippen molar-refractivity contribution in [3.8, 4) is 5.88 Å². The van der Waals surface area contributed by atoms with Crippen molar-refractivity contribution >= 4 is 5.82 Å². The Hall–Kier alpha value is -2.07. The molecule has 1 aliphatic rings. The molecule has 22 heavy (non-hydrogen) atoms. The quantitative estimate of drug-likeness (QED) is 0.920. The van der Waals surface area contributed by atoms with Crippen LogP contribution in [0.3, 0.4) is 0 Å². The van der Waals surface area contributed by atoms with Crippen molar-refractivity contribution in [2.24, 2.45) is 0 Å². The Morgan fingerprint density at radius 3 is 2.91 bits per heavy atom. The summed E-state index contributed by atoms with van der Waals surface area (Å²) in [6.07, 6.45) is 2.21. The van der Waals surface area contributed by atoms with Gasteiger partial charge in [0.05, 0.1) is 0 Å². The topological polar surface area (TPSA) is 37.4 Å². The molecule has 0 unspecified atom stereocenters. The second kappa shape index (κ2) is 7.27. The number of hydrogen-bond donors (Lipinski definition) is 1. The van der Waals surface area contributed by atoms with Crippen LogP contribution in [-0.4, -0.2) is 31.7 Å². The zero-order chi connectivity index (χ0) is 15.2. The zero-order valence-corrected chi connectivity index (χ0v) is 13.1. The molecule has 2 aromatic rings. The van der Waals surface area contributed by atoms with Gasteiger partial charge in [0.25, 0.3) is 0 Å². The van der Waals surface area contributed by atoms with Crippen molar-refractivity contribution in [1.29, 1.82) is 0 Å². The number of pyridine rings is 1. The Kier molecular flexibility index (Phi) is 4.91. The second-order valence-corrected chi connectivity index (χ2v) is 5.67. The van der Waals surface area contributed by atoms with Crippen LogP contribution in [0.25, 0.3) is 0 Å². The minimum absolute atomic E-state index is 0.682. The standard InChI is InChI=1S/C18H23N3O/c1-21(12-5-8-15-6-3-2-4-7-15)17-10-9-16-14-19-11-13-22-18(16)20-17/h2-4,6-7,9-10,19H,5,8,11-14H2,1H3. The van der Waals surface area contributed by atoms with Gasteiger partial charge in [0, 0.05) is 32.2 Å². The van der Waals surface area contributed by atoms with Gasteiger partial charge in [0.15, 0.2) is 0 Å².